The average Bonchev–Trinajstić information content (AvgIpc) is 3.03. The van der Waals surface area contributed by atoms with Crippen molar-refractivity contribution >= 4 is 83.5 Å². The Hall–Kier alpha value is -5.62. The van der Waals surface area contributed by atoms with E-state index < -0.39 is 11.9 Å². The molecule has 0 saturated heterocycles. The van der Waals surface area contributed by atoms with Crippen molar-refractivity contribution in [2.45, 2.75) is 0 Å². The number of benzene rings is 7. The van der Waals surface area contributed by atoms with Crippen molar-refractivity contribution in [3.8, 4) is 0 Å². The number of carbonyl (C=O) groups is 2. The number of hydrogen-bond acceptors (Lipinski definition) is 6. The van der Waals surface area contributed by atoms with E-state index in [9.17, 15) is 9.59 Å². The minimum atomic E-state index is -0.596. The van der Waals surface area contributed by atoms with Crippen LogP contribution in [0.2, 0.25) is 0 Å². The smallest absolute Gasteiger partial charge is 0.346 e. The number of carbonyl (C=O) groups excluding carboxylic acids is 2. The molecule has 8 rings (SSSR count). The highest BCUT2D eigenvalue weighted by molar-refractivity contribution is 6.38. The molecule has 1 heterocycles. The van der Waals surface area contributed by atoms with Gasteiger partial charge in [0.2, 0.25) is 0 Å². The van der Waals surface area contributed by atoms with Crippen LogP contribution in [-0.2, 0) is 4.74 Å². The summed E-state index contributed by atoms with van der Waals surface area (Å²) in [5.74, 6) is -1.19. The van der Waals surface area contributed by atoms with Gasteiger partial charge >= 0.3 is 11.9 Å². The number of hydrogen-bond donors (Lipinski definition) is 0. The van der Waals surface area contributed by atoms with Gasteiger partial charge in [-0.25, -0.2) is 9.59 Å². The molecule has 1 aliphatic heterocycles. The van der Waals surface area contributed by atoms with Crippen molar-refractivity contribution < 1.29 is 14.3 Å². The molecule has 0 saturated carbocycles. The monoisotopic (exact) mass is 575 g/mol. The largest absolute Gasteiger partial charge is 0.386 e. The second-order valence-electron chi connectivity index (χ2n) is 11.8. The first-order chi connectivity index (χ1) is 21.3. The lowest BCUT2D eigenvalue weighted by molar-refractivity contribution is 0.0391. The Kier molecular flexibility index (Phi) is 5.59. The highest BCUT2D eigenvalue weighted by Gasteiger charge is 2.30. The summed E-state index contributed by atoms with van der Waals surface area (Å²) in [5.41, 5.74) is 6.30. The normalized spacial score (nSPS) is 12.8. The van der Waals surface area contributed by atoms with Gasteiger partial charge in [0.05, 0.1) is 16.8 Å². The molecule has 0 unspecified atom stereocenters. The van der Waals surface area contributed by atoms with E-state index in [-0.39, 0.29) is 0 Å². The first-order valence-corrected chi connectivity index (χ1v) is 14.6. The van der Waals surface area contributed by atoms with Gasteiger partial charge in [0.15, 0.2) is 0 Å². The van der Waals surface area contributed by atoms with Gasteiger partial charge in [-0.05, 0) is 99.0 Å². The third-order valence-electron chi connectivity index (χ3n) is 8.87. The SMILES string of the molecule is CN(C)c1ccc(N(c2ccc(N(C)C)cc2)c2ccc3c4ccc5c6c(ccc(c7cccc2c73)c64)C(=O)OC5=O)cc1. The van der Waals surface area contributed by atoms with Crippen molar-refractivity contribution in [2.75, 3.05) is 42.9 Å². The van der Waals surface area contributed by atoms with Gasteiger partial charge in [0.25, 0.3) is 0 Å². The molecule has 0 atom stereocenters. The van der Waals surface area contributed by atoms with E-state index in [4.69, 9.17) is 4.74 Å². The lowest BCUT2D eigenvalue weighted by Crippen LogP contribution is -2.19. The van der Waals surface area contributed by atoms with E-state index in [0.717, 1.165) is 66.1 Å². The summed E-state index contributed by atoms with van der Waals surface area (Å²) >= 11 is 0. The molecular formula is C38H29N3O3. The van der Waals surface area contributed by atoms with E-state index >= 15 is 0 Å². The zero-order valence-corrected chi connectivity index (χ0v) is 24.9. The fraction of sp³-hybridized carbons (Fsp3) is 0.105. The molecule has 6 nitrogen and oxygen atoms in total. The summed E-state index contributed by atoms with van der Waals surface area (Å²) in [6.45, 7) is 0. The molecule has 44 heavy (non-hydrogen) atoms. The van der Waals surface area contributed by atoms with E-state index in [0.29, 0.717) is 16.5 Å². The Balaban J connectivity index is 1.43. The molecule has 214 valence electrons. The number of nitrogens with zero attached hydrogens (tertiary/aromatic N) is 3. The summed E-state index contributed by atoms with van der Waals surface area (Å²) in [6.07, 6.45) is 0. The van der Waals surface area contributed by atoms with Crippen LogP contribution in [0, 0.1) is 0 Å². The quantitative estimate of drug-likeness (QED) is 0.0886. The maximum absolute atomic E-state index is 12.7. The highest BCUT2D eigenvalue weighted by atomic mass is 16.6. The first-order valence-electron chi connectivity index (χ1n) is 14.6. The third-order valence-corrected chi connectivity index (χ3v) is 8.87. The number of anilines is 5. The summed E-state index contributed by atoms with van der Waals surface area (Å²) in [6, 6.07) is 35.6. The Morgan fingerprint density at radius 2 is 0.864 bits per heavy atom. The molecule has 7 aromatic rings. The number of cyclic esters (lactones) is 2. The number of rotatable bonds is 5. The van der Waals surface area contributed by atoms with Gasteiger partial charge in [0.1, 0.15) is 0 Å². The van der Waals surface area contributed by atoms with Crippen LogP contribution in [0.5, 0.6) is 0 Å². The lowest BCUT2D eigenvalue weighted by atomic mass is 9.85. The average molecular weight is 576 g/mol. The van der Waals surface area contributed by atoms with Crippen molar-refractivity contribution in [2.24, 2.45) is 0 Å². The Morgan fingerprint density at radius 1 is 0.432 bits per heavy atom. The molecule has 0 N–H and O–H groups in total. The van der Waals surface area contributed by atoms with Crippen LogP contribution in [0.1, 0.15) is 20.7 Å². The van der Waals surface area contributed by atoms with Crippen molar-refractivity contribution in [1.82, 2.24) is 0 Å². The van der Waals surface area contributed by atoms with Crippen LogP contribution in [0.4, 0.5) is 28.4 Å². The molecule has 7 aromatic carbocycles. The molecule has 1 aliphatic rings. The molecular weight excluding hydrogens is 546 g/mol. The minimum absolute atomic E-state index is 0.431. The predicted molar refractivity (Wildman–Crippen MR) is 181 cm³/mol. The third kappa shape index (κ3) is 3.67. The van der Waals surface area contributed by atoms with E-state index in [1.165, 1.54) is 0 Å². The Bertz CT molecular complexity index is 2170. The van der Waals surface area contributed by atoms with Crippen LogP contribution in [0.3, 0.4) is 0 Å². The van der Waals surface area contributed by atoms with E-state index in [2.05, 4.69) is 93.6 Å². The predicted octanol–water partition coefficient (Wildman–Crippen LogP) is 8.65. The second kappa shape index (κ2) is 9.44. The Morgan fingerprint density at radius 3 is 1.39 bits per heavy atom. The first kappa shape index (κ1) is 26.0. The highest BCUT2D eigenvalue weighted by Crippen LogP contribution is 2.47. The van der Waals surface area contributed by atoms with Crippen LogP contribution >= 0.6 is 0 Å². The van der Waals surface area contributed by atoms with Gasteiger partial charge < -0.3 is 19.4 Å². The fourth-order valence-corrected chi connectivity index (χ4v) is 6.74. The Labute approximate surface area is 254 Å². The molecule has 0 spiro atoms. The maximum atomic E-state index is 12.7. The zero-order chi connectivity index (χ0) is 30.3. The molecule has 0 aliphatic carbocycles. The number of ether oxygens (including phenoxy) is 1. The number of esters is 2. The van der Waals surface area contributed by atoms with Crippen LogP contribution in [0.15, 0.2) is 103 Å². The number of fused-ring (bicyclic) bond motifs is 2. The van der Waals surface area contributed by atoms with Crippen LogP contribution in [0.25, 0.3) is 43.1 Å². The van der Waals surface area contributed by atoms with Crippen molar-refractivity contribution in [3.05, 3.63) is 114 Å². The van der Waals surface area contributed by atoms with Crippen LogP contribution < -0.4 is 14.7 Å². The lowest BCUT2D eigenvalue weighted by Gasteiger charge is -2.29. The van der Waals surface area contributed by atoms with Gasteiger partial charge in [-0.1, -0.05) is 36.4 Å². The zero-order valence-electron chi connectivity index (χ0n) is 24.9. The van der Waals surface area contributed by atoms with Crippen LogP contribution in [-0.4, -0.2) is 40.1 Å². The van der Waals surface area contributed by atoms with Crippen molar-refractivity contribution in [1.29, 1.82) is 0 Å². The maximum Gasteiger partial charge on any atom is 0.346 e. The molecule has 0 fully saturated rings. The summed E-state index contributed by atoms with van der Waals surface area (Å²) in [4.78, 5) is 31.9. The fourth-order valence-electron chi connectivity index (χ4n) is 6.74. The van der Waals surface area contributed by atoms with Gasteiger partial charge in [-0.2, -0.15) is 0 Å². The second-order valence-corrected chi connectivity index (χ2v) is 11.8. The summed E-state index contributed by atoms with van der Waals surface area (Å²) in [7, 11) is 8.19. The molecule has 0 aromatic heterocycles. The topological polar surface area (TPSA) is 53.1 Å². The summed E-state index contributed by atoms with van der Waals surface area (Å²) < 4.78 is 5.04. The van der Waals surface area contributed by atoms with Gasteiger partial charge in [-0.15, -0.1) is 0 Å². The van der Waals surface area contributed by atoms with E-state index in [1.54, 1.807) is 12.1 Å². The minimum Gasteiger partial charge on any atom is -0.386 e. The summed E-state index contributed by atoms with van der Waals surface area (Å²) in [5, 5.41) is 8.03. The van der Waals surface area contributed by atoms with Gasteiger partial charge in [0, 0.05) is 61.7 Å². The molecule has 0 radical (unpaired) electrons. The molecule has 0 amide bonds. The van der Waals surface area contributed by atoms with Gasteiger partial charge in [-0.3, -0.25) is 0 Å². The molecule has 0 bridgehead atoms. The molecule has 6 heteroatoms. The van der Waals surface area contributed by atoms with Crippen molar-refractivity contribution in [3.63, 3.8) is 0 Å². The standard InChI is InChI=1S/C38H29N3O3/c1-39(2)22-8-12-24(13-9-22)41(25-14-10-23(11-15-25)40(3)4)33-21-20-27-29-17-19-32-36-31(37(42)44-38(32)43)18-16-28(35(29)36)26-6-5-7-30(33)34(26)27/h5-21H,1-4H3. The van der Waals surface area contributed by atoms with E-state index in [1.807, 2.05) is 40.3 Å².